The largest absolute Gasteiger partial charge is 0.376 e. The third-order valence-electron chi connectivity index (χ3n) is 3.30. The molecule has 1 aromatic carbocycles. The van der Waals surface area contributed by atoms with E-state index in [4.69, 9.17) is 0 Å². The number of nitrogens with one attached hydrogen (secondary N) is 2. The van der Waals surface area contributed by atoms with E-state index < -0.39 is 10.9 Å². The highest BCUT2D eigenvalue weighted by atomic mass is 16.2. The predicted molar refractivity (Wildman–Crippen MR) is 84.5 cm³/mol. The summed E-state index contributed by atoms with van der Waals surface area (Å²) in [6.07, 6.45) is 5.04. The van der Waals surface area contributed by atoms with Crippen molar-refractivity contribution in [3.8, 4) is 0 Å². The molecule has 0 spiro atoms. The van der Waals surface area contributed by atoms with Gasteiger partial charge >= 0.3 is 0 Å². The first-order valence-corrected chi connectivity index (χ1v) is 6.85. The lowest BCUT2D eigenvalue weighted by Crippen LogP contribution is -2.37. The van der Waals surface area contributed by atoms with Gasteiger partial charge in [-0.2, -0.15) is 0 Å². The van der Waals surface area contributed by atoms with Gasteiger partial charge in [-0.3, -0.25) is 19.6 Å². The molecule has 0 saturated carbocycles. The van der Waals surface area contributed by atoms with Gasteiger partial charge in [-0.25, -0.2) is 0 Å². The molecule has 0 aliphatic carbocycles. The number of rotatable bonds is 6. The van der Waals surface area contributed by atoms with Crippen molar-refractivity contribution in [1.82, 2.24) is 9.97 Å². The Morgan fingerprint density at radius 3 is 2.14 bits per heavy atom. The van der Waals surface area contributed by atoms with Crippen molar-refractivity contribution in [3.05, 3.63) is 80.6 Å². The molecular weight excluding hydrogens is 280 g/mol. The Balaban J connectivity index is 1.67. The Morgan fingerprint density at radius 2 is 1.50 bits per heavy atom. The fourth-order valence-corrected chi connectivity index (χ4v) is 2.10. The maximum absolute atomic E-state index is 11.7. The third kappa shape index (κ3) is 2.85. The standard InChI is InChI=1S/C16H14N4O2/c21-15-13(19-9-11-4-7-17-8-5-11)14(16(15)22)20-10-12-3-1-2-6-18-12/h1-8,19-20H,9-10H2. The number of pyridine rings is 2. The number of nitrogens with zero attached hydrogens (tertiary/aromatic N) is 2. The van der Waals surface area contributed by atoms with Crippen LogP contribution in [0.25, 0.3) is 0 Å². The summed E-state index contributed by atoms with van der Waals surface area (Å²) >= 11 is 0. The van der Waals surface area contributed by atoms with E-state index in [1.54, 1.807) is 18.6 Å². The van der Waals surface area contributed by atoms with Gasteiger partial charge in [0.15, 0.2) is 0 Å². The molecule has 0 amide bonds. The summed E-state index contributed by atoms with van der Waals surface area (Å²) in [5.41, 5.74) is 1.46. The minimum Gasteiger partial charge on any atom is -0.376 e. The highest BCUT2D eigenvalue weighted by molar-refractivity contribution is 5.73. The quantitative estimate of drug-likeness (QED) is 0.667. The van der Waals surface area contributed by atoms with Gasteiger partial charge < -0.3 is 10.6 Å². The van der Waals surface area contributed by atoms with Gasteiger partial charge in [-0.15, -0.1) is 0 Å². The molecule has 0 aliphatic heterocycles. The molecule has 22 heavy (non-hydrogen) atoms. The Labute approximate surface area is 126 Å². The van der Waals surface area contributed by atoms with Crippen LogP contribution in [0.4, 0.5) is 11.4 Å². The number of hydrogen-bond donors (Lipinski definition) is 2. The van der Waals surface area contributed by atoms with Crippen molar-refractivity contribution in [1.29, 1.82) is 0 Å². The molecule has 0 aliphatic rings. The zero-order valence-corrected chi connectivity index (χ0v) is 11.7. The average Bonchev–Trinajstić information content (AvgIpc) is 2.58. The highest BCUT2D eigenvalue weighted by Gasteiger charge is 2.20. The van der Waals surface area contributed by atoms with Crippen LogP contribution in [0, 0.1) is 0 Å². The van der Waals surface area contributed by atoms with Crippen LogP contribution in [0.5, 0.6) is 0 Å². The summed E-state index contributed by atoms with van der Waals surface area (Å²) < 4.78 is 0. The van der Waals surface area contributed by atoms with Crippen molar-refractivity contribution in [2.24, 2.45) is 0 Å². The SMILES string of the molecule is O=c1c(NCc2ccncc2)c(NCc2ccccn2)c1=O. The van der Waals surface area contributed by atoms with Gasteiger partial charge in [0, 0.05) is 25.1 Å². The van der Waals surface area contributed by atoms with Crippen molar-refractivity contribution in [2.75, 3.05) is 10.6 Å². The molecule has 0 atom stereocenters. The van der Waals surface area contributed by atoms with Gasteiger partial charge in [-0.05, 0) is 29.8 Å². The second kappa shape index (κ2) is 6.17. The predicted octanol–water partition coefficient (Wildman–Crippen LogP) is 1.30. The van der Waals surface area contributed by atoms with Crippen molar-refractivity contribution < 1.29 is 0 Å². The fraction of sp³-hybridized carbons (Fsp3) is 0.125. The molecule has 2 aromatic heterocycles. The molecule has 0 saturated heterocycles. The third-order valence-corrected chi connectivity index (χ3v) is 3.30. The molecule has 3 aromatic rings. The van der Waals surface area contributed by atoms with E-state index in [1.165, 1.54) is 0 Å². The minimum absolute atomic E-state index is 0.324. The van der Waals surface area contributed by atoms with Crippen LogP contribution in [-0.4, -0.2) is 9.97 Å². The van der Waals surface area contributed by atoms with Gasteiger partial charge in [0.25, 0.3) is 10.9 Å². The van der Waals surface area contributed by atoms with Crippen LogP contribution in [-0.2, 0) is 13.1 Å². The van der Waals surface area contributed by atoms with Crippen molar-refractivity contribution in [2.45, 2.75) is 13.1 Å². The summed E-state index contributed by atoms with van der Waals surface area (Å²) in [5, 5.41) is 5.97. The van der Waals surface area contributed by atoms with Crippen molar-refractivity contribution >= 4 is 11.4 Å². The smallest absolute Gasteiger partial charge is 0.253 e. The Morgan fingerprint density at radius 1 is 0.818 bits per heavy atom. The second-order valence-corrected chi connectivity index (χ2v) is 4.79. The monoisotopic (exact) mass is 294 g/mol. The molecular formula is C16H14N4O2. The van der Waals surface area contributed by atoms with Crippen LogP contribution in [0.1, 0.15) is 11.3 Å². The Hall–Kier alpha value is -3.02. The van der Waals surface area contributed by atoms with E-state index in [0.717, 1.165) is 11.3 Å². The highest BCUT2D eigenvalue weighted by Crippen LogP contribution is 2.16. The van der Waals surface area contributed by atoms with Gasteiger partial charge in [-0.1, -0.05) is 6.07 Å². The molecule has 110 valence electrons. The van der Waals surface area contributed by atoms with E-state index in [-0.39, 0.29) is 0 Å². The van der Waals surface area contributed by atoms with E-state index in [0.29, 0.717) is 24.5 Å². The molecule has 0 unspecified atom stereocenters. The molecule has 6 heteroatoms. The summed E-state index contributed by atoms with van der Waals surface area (Å²) in [5.74, 6) is 0. The van der Waals surface area contributed by atoms with Crippen LogP contribution in [0.15, 0.2) is 58.5 Å². The lowest BCUT2D eigenvalue weighted by atomic mass is 10.1. The molecule has 2 heterocycles. The molecule has 0 fully saturated rings. The summed E-state index contributed by atoms with van der Waals surface area (Å²) in [6, 6.07) is 9.23. The first-order chi connectivity index (χ1) is 10.8. The van der Waals surface area contributed by atoms with E-state index in [1.807, 2.05) is 30.3 Å². The zero-order valence-electron chi connectivity index (χ0n) is 11.7. The van der Waals surface area contributed by atoms with Crippen LogP contribution < -0.4 is 21.5 Å². The van der Waals surface area contributed by atoms with Gasteiger partial charge in [0.05, 0.1) is 12.2 Å². The minimum atomic E-state index is -0.492. The number of aromatic nitrogens is 2. The van der Waals surface area contributed by atoms with Crippen molar-refractivity contribution in [3.63, 3.8) is 0 Å². The molecule has 6 nitrogen and oxygen atoms in total. The average molecular weight is 294 g/mol. The molecule has 3 rings (SSSR count). The van der Waals surface area contributed by atoms with Crippen LogP contribution in [0.3, 0.4) is 0 Å². The van der Waals surface area contributed by atoms with E-state index in [9.17, 15) is 9.59 Å². The molecule has 0 radical (unpaired) electrons. The Bertz CT molecular complexity index is 753. The topological polar surface area (TPSA) is 84.0 Å². The summed E-state index contributed by atoms with van der Waals surface area (Å²) in [7, 11) is 0. The first kappa shape index (κ1) is 13.9. The second-order valence-electron chi connectivity index (χ2n) is 4.79. The maximum atomic E-state index is 11.7. The normalized spacial score (nSPS) is 10.5. The first-order valence-electron chi connectivity index (χ1n) is 6.85. The fourth-order valence-electron chi connectivity index (χ4n) is 2.10. The maximum Gasteiger partial charge on any atom is 0.253 e. The molecule has 0 bridgehead atoms. The lowest BCUT2D eigenvalue weighted by molar-refractivity contribution is 1.03. The van der Waals surface area contributed by atoms with Crippen LogP contribution in [0.2, 0.25) is 0 Å². The van der Waals surface area contributed by atoms with Gasteiger partial charge in [0.1, 0.15) is 11.4 Å². The zero-order chi connectivity index (χ0) is 15.4. The van der Waals surface area contributed by atoms with E-state index in [2.05, 4.69) is 20.6 Å². The summed E-state index contributed by atoms with van der Waals surface area (Å²) in [6.45, 7) is 0.862. The summed E-state index contributed by atoms with van der Waals surface area (Å²) in [4.78, 5) is 31.4. The van der Waals surface area contributed by atoms with Gasteiger partial charge in [0.2, 0.25) is 0 Å². The number of anilines is 2. The van der Waals surface area contributed by atoms with E-state index >= 15 is 0 Å². The lowest BCUT2D eigenvalue weighted by Gasteiger charge is -2.14. The number of hydrogen-bond acceptors (Lipinski definition) is 6. The Kier molecular flexibility index (Phi) is 3.91. The van der Waals surface area contributed by atoms with Crippen LogP contribution >= 0.6 is 0 Å². The molecule has 2 N–H and O–H groups in total.